The van der Waals surface area contributed by atoms with Gasteiger partial charge in [0.15, 0.2) is 11.5 Å². The number of benzene rings is 1. The molecule has 0 aliphatic heterocycles. The van der Waals surface area contributed by atoms with Crippen LogP contribution in [0, 0.1) is 11.3 Å². The van der Waals surface area contributed by atoms with Gasteiger partial charge in [0.1, 0.15) is 0 Å². The first-order valence-electron chi connectivity index (χ1n) is 6.69. The number of nitrogens with zero attached hydrogens (tertiary/aromatic N) is 1. The Bertz CT molecular complexity index is 447. The van der Waals surface area contributed by atoms with Gasteiger partial charge in [0.2, 0.25) is 0 Å². The predicted octanol–water partition coefficient (Wildman–Crippen LogP) is 4.19. The van der Waals surface area contributed by atoms with Gasteiger partial charge in [0.25, 0.3) is 0 Å². The van der Waals surface area contributed by atoms with Gasteiger partial charge in [-0.3, -0.25) is 0 Å². The number of rotatable bonds is 8. The number of ether oxygens (including phenoxy) is 2. The Hall–Kier alpha value is -1.95. The van der Waals surface area contributed by atoms with Gasteiger partial charge >= 0.3 is 0 Å². The van der Waals surface area contributed by atoms with E-state index in [-0.39, 0.29) is 0 Å². The third-order valence-electron chi connectivity index (χ3n) is 2.81. The molecule has 3 heteroatoms. The molecule has 0 N–H and O–H groups in total. The van der Waals surface area contributed by atoms with E-state index in [1.807, 2.05) is 24.3 Å². The molecule has 1 aromatic carbocycles. The number of unbranched alkanes of at least 4 members (excludes halogenated alkanes) is 3. The minimum Gasteiger partial charge on any atom is -0.492 e. The molecule has 1 rings (SSSR count). The van der Waals surface area contributed by atoms with Crippen molar-refractivity contribution in [2.75, 3.05) is 13.7 Å². The van der Waals surface area contributed by atoms with Gasteiger partial charge < -0.3 is 9.47 Å². The lowest BCUT2D eigenvalue weighted by Crippen LogP contribution is -2.00. The van der Waals surface area contributed by atoms with E-state index in [0.29, 0.717) is 12.4 Å². The second kappa shape index (κ2) is 9.04. The third-order valence-corrected chi connectivity index (χ3v) is 2.81. The Balaban J connectivity index is 2.67. The van der Waals surface area contributed by atoms with Crippen LogP contribution in [0.1, 0.15) is 38.2 Å². The lowest BCUT2D eigenvalue weighted by molar-refractivity contribution is 0.285. The molecule has 0 aliphatic carbocycles. The Labute approximate surface area is 115 Å². The van der Waals surface area contributed by atoms with E-state index in [4.69, 9.17) is 14.7 Å². The maximum atomic E-state index is 8.58. The molecule has 0 unspecified atom stereocenters. The fourth-order valence-electron chi connectivity index (χ4n) is 1.83. The molecule has 0 aliphatic rings. The molecule has 0 spiro atoms. The van der Waals surface area contributed by atoms with Gasteiger partial charge in [-0.15, -0.1) is 0 Å². The highest BCUT2D eigenvalue weighted by Crippen LogP contribution is 2.32. The molecule has 0 fully saturated rings. The Kier molecular flexibility index (Phi) is 7.19. The van der Waals surface area contributed by atoms with Crippen LogP contribution in [0.2, 0.25) is 0 Å². The summed E-state index contributed by atoms with van der Waals surface area (Å²) in [6.07, 6.45) is 7.86. The van der Waals surface area contributed by atoms with E-state index in [1.165, 1.54) is 25.3 Å². The van der Waals surface area contributed by atoms with Crippen LogP contribution >= 0.6 is 0 Å². The first-order chi connectivity index (χ1) is 9.33. The van der Waals surface area contributed by atoms with Crippen LogP contribution in [0.3, 0.4) is 0 Å². The highest BCUT2D eigenvalue weighted by atomic mass is 16.5. The first kappa shape index (κ1) is 15.1. The largest absolute Gasteiger partial charge is 0.492 e. The second-order valence-corrected chi connectivity index (χ2v) is 4.25. The van der Waals surface area contributed by atoms with Crippen LogP contribution in [0.15, 0.2) is 24.3 Å². The summed E-state index contributed by atoms with van der Waals surface area (Å²) in [5.74, 6) is 1.42. The van der Waals surface area contributed by atoms with Crippen molar-refractivity contribution in [2.45, 2.75) is 32.6 Å². The number of hydrogen-bond donors (Lipinski definition) is 0. The molecule has 0 atom stereocenters. The summed E-state index contributed by atoms with van der Waals surface area (Å²) in [7, 11) is 1.61. The fraction of sp³-hybridized carbons (Fsp3) is 0.438. The van der Waals surface area contributed by atoms with Crippen LogP contribution in [0.4, 0.5) is 0 Å². The molecule has 0 amide bonds. The fourth-order valence-corrected chi connectivity index (χ4v) is 1.83. The molecule has 0 bridgehead atoms. The topological polar surface area (TPSA) is 42.2 Å². The van der Waals surface area contributed by atoms with Crippen LogP contribution in [-0.2, 0) is 0 Å². The standard InChI is InChI=1S/C16H21NO2/c1-3-4-5-6-13-19-15-11-7-9-14(10-8-12-17)16(15)18-2/h7-11H,3-6,13H2,1-2H3/b10-8+. The number of para-hydroxylation sites is 1. The van der Waals surface area contributed by atoms with Crippen molar-refractivity contribution >= 4 is 6.08 Å². The van der Waals surface area contributed by atoms with E-state index in [2.05, 4.69) is 6.92 Å². The number of methoxy groups -OCH3 is 1. The second-order valence-electron chi connectivity index (χ2n) is 4.25. The van der Waals surface area contributed by atoms with Crippen LogP contribution in [0.5, 0.6) is 11.5 Å². The minimum atomic E-state index is 0.685. The SMILES string of the molecule is CCCCCCOc1cccc(/C=C/C#N)c1OC. The zero-order chi connectivity index (χ0) is 13.9. The quantitative estimate of drug-likeness (QED) is 0.519. The molecular weight excluding hydrogens is 238 g/mol. The first-order valence-corrected chi connectivity index (χ1v) is 6.69. The van der Waals surface area contributed by atoms with E-state index in [9.17, 15) is 0 Å². The lowest BCUT2D eigenvalue weighted by atomic mass is 10.1. The summed E-state index contributed by atoms with van der Waals surface area (Å²) in [6, 6.07) is 7.67. The van der Waals surface area contributed by atoms with Crippen molar-refractivity contribution in [1.29, 1.82) is 5.26 Å². The molecular formula is C16H21NO2. The molecule has 0 radical (unpaired) electrons. The Morgan fingerprint density at radius 1 is 1.26 bits per heavy atom. The van der Waals surface area contributed by atoms with E-state index >= 15 is 0 Å². The number of nitriles is 1. The van der Waals surface area contributed by atoms with Gasteiger partial charge in [-0.1, -0.05) is 38.3 Å². The molecule has 3 nitrogen and oxygen atoms in total. The summed E-state index contributed by atoms with van der Waals surface area (Å²) in [5.41, 5.74) is 0.857. The summed E-state index contributed by atoms with van der Waals surface area (Å²) in [4.78, 5) is 0. The van der Waals surface area contributed by atoms with Crippen molar-refractivity contribution in [3.63, 3.8) is 0 Å². The lowest BCUT2D eigenvalue weighted by Gasteiger charge is -2.12. The van der Waals surface area contributed by atoms with Gasteiger partial charge in [0.05, 0.1) is 19.8 Å². The van der Waals surface area contributed by atoms with E-state index < -0.39 is 0 Å². The van der Waals surface area contributed by atoms with Gasteiger partial charge in [-0.05, 0) is 18.6 Å². The predicted molar refractivity (Wildman–Crippen MR) is 77.3 cm³/mol. The maximum Gasteiger partial charge on any atom is 0.167 e. The number of hydrogen-bond acceptors (Lipinski definition) is 3. The Morgan fingerprint density at radius 2 is 2.11 bits per heavy atom. The highest BCUT2D eigenvalue weighted by molar-refractivity contribution is 5.63. The average molecular weight is 259 g/mol. The van der Waals surface area contributed by atoms with E-state index in [0.717, 1.165) is 17.7 Å². The van der Waals surface area contributed by atoms with E-state index in [1.54, 1.807) is 13.2 Å². The maximum absolute atomic E-state index is 8.58. The van der Waals surface area contributed by atoms with Crippen LogP contribution < -0.4 is 9.47 Å². The molecule has 0 saturated heterocycles. The monoisotopic (exact) mass is 259 g/mol. The number of allylic oxidation sites excluding steroid dienone is 1. The zero-order valence-electron chi connectivity index (χ0n) is 11.7. The normalized spacial score (nSPS) is 10.4. The van der Waals surface area contributed by atoms with Gasteiger partial charge in [-0.2, -0.15) is 5.26 Å². The summed E-state index contributed by atoms with van der Waals surface area (Å²) in [6.45, 7) is 2.89. The van der Waals surface area contributed by atoms with Crippen molar-refractivity contribution in [3.8, 4) is 17.6 Å². The average Bonchev–Trinajstić information content (AvgIpc) is 2.44. The Morgan fingerprint density at radius 3 is 2.79 bits per heavy atom. The molecule has 1 aromatic rings. The zero-order valence-corrected chi connectivity index (χ0v) is 11.7. The molecule has 0 heterocycles. The van der Waals surface area contributed by atoms with Crippen molar-refractivity contribution in [1.82, 2.24) is 0 Å². The minimum absolute atomic E-state index is 0.685. The summed E-state index contributed by atoms with van der Waals surface area (Å²) < 4.78 is 11.1. The molecule has 0 aromatic heterocycles. The van der Waals surface area contributed by atoms with Crippen LogP contribution in [0.25, 0.3) is 6.08 Å². The summed E-state index contributed by atoms with van der Waals surface area (Å²) >= 11 is 0. The molecule has 0 saturated carbocycles. The molecule has 19 heavy (non-hydrogen) atoms. The smallest absolute Gasteiger partial charge is 0.167 e. The van der Waals surface area contributed by atoms with Gasteiger partial charge in [-0.25, -0.2) is 0 Å². The van der Waals surface area contributed by atoms with Gasteiger partial charge in [0, 0.05) is 11.6 Å². The van der Waals surface area contributed by atoms with Crippen molar-refractivity contribution < 1.29 is 9.47 Å². The van der Waals surface area contributed by atoms with Crippen molar-refractivity contribution in [3.05, 3.63) is 29.8 Å². The summed E-state index contributed by atoms with van der Waals surface area (Å²) in [5, 5.41) is 8.58. The van der Waals surface area contributed by atoms with Crippen LogP contribution in [-0.4, -0.2) is 13.7 Å². The molecule has 102 valence electrons. The third kappa shape index (κ3) is 5.05. The highest BCUT2D eigenvalue weighted by Gasteiger charge is 2.07. The van der Waals surface area contributed by atoms with Crippen molar-refractivity contribution in [2.24, 2.45) is 0 Å².